The zero-order valence-corrected chi connectivity index (χ0v) is 16.1. The number of allylic oxidation sites excluding steroid dienone is 1. The molecular weight excluding hydrogens is 326 g/mol. The first-order chi connectivity index (χ1) is 12.5. The third kappa shape index (κ3) is 6.26. The van der Waals surface area contributed by atoms with Gasteiger partial charge in [0.15, 0.2) is 6.29 Å². The van der Waals surface area contributed by atoms with Gasteiger partial charge in [-0.3, -0.25) is 4.79 Å². The van der Waals surface area contributed by atoms with Crippen LogP contribution in [0.1, 0.15) is 75.5 Å². The Kier molecular flexibility index (Phi) is 8.33. The largest absolute Gasteiger partial charge is 0.366 e. The minimum atomic E-state index is -1.56. The molecule has 0 fully saturated rings. The van der Waals surface area contributed by atoms with Gasteiger partial charge in [-0.1, -0.05) is 63.3 Å². The van der Waals surface area contributed by atoms with Gasteiger partial charge >= 0.3 is 0 Å². The highest BCUT2D eigenvalue weighted by molar-refractivity contribution is 5.76. The molecular formula is C22H33NO3. The Hall–Kier alpha value is -1.65. The monoisotopic (exact) mass is 359 g/mol. The first-order valence-electron chi connectivity index (χ1n) is 9.95. The summed E-state index contributed by atoms with van der Waals surface area (Å²) in [6.07, 6.45) is 10.9. The van der Waals surface area contributed by atoms with Crippen LogP contribution in [0.2, 0.25) is 0 Å². The predicted molar refractivity (Wildman–Crippen MR) is 106 cm³/mol. The number of carbonyl (C=O) groups is 1. The van der Waals surface area contributed by atoms with E-state index in [1.54, 1.807) is 0 Å². The van der Waals surface area contributed by atoms with E-state index >= 15 is 0 Å². The van der Waals surface area contributed by atoms with E-state index in [0.717, 1.165) is 18.4 Å². The molecule has 0 bridgehead atoms. The molecule has 1 unspecified atom stereocenters. The van der Waals surface area contributed by atoms with Crippen LogP contribution < -0.4 is 5.32 Å². The minimum Gasteiger partial charge on any atom is -0.366 e. The average Bonchev–Trinajstić information content (AvgIpc) is 2.99. The number of aliphatic hydroxyl groups is 2. The van der Waals surface area contributed by atoms with Crippen molar-refractivity contribution in [1.82, 2.24) is 5.32 Å². The Bertz CT molecular complexity index is 622. The van der Waals surface area contributed by atoms with Crippen LogP contribution in [0.5, 0.6) is 0 Å². The number of aryl methyl sites for hydroxylation is 1. The molecule has 1 aromatic carbocycles. The summed E-state index contributed by atoms with van der Waals surface area (Å²) in [6, 6.07) is 5.95. The number of unbranched alkanes of at least 4 members (excludes halogenated alkanes) is 5. The zero-order valence-electron chi connectivity index (χ0n) is 16.1. The van der Waals surface area contributed by atoms with Gasteiger partial charge in [0.25, 0.3) is 0 Å². The van der Waals surface area contributed by atoms with Crippen molar-refractivity contribution in [2.75, 3.05) is 0 Å². The maximum Gasteiger partial charge on any atom is 0.217 e. The Labute approximate surface area is 157 Å². The highest BCUT2D eigenvalue weighted by Crippen LogP contribution is 2.32. The summed E-state index contributed by atoms with van der Waals surface area (Å²) in [5.74, 6) is -0.254. The molecule has 1 amide bonds. The molecule has 1 aliphatic carbocycles. The van der Waals surface area contributed by atoms with Crippen molar-refractivity contribution in [1.29, 1.82) is 0 Å². The van der Waals surface area contributed by atoms with Crippen LogP contribution in [0.25, 0.3) is 5.57 Å². The first-order valence-corrected chi connectivity index (χ1v) is 9.95. The maximum atomic E-state index is 11.3. The Morgan fingerprint density at radius 3 is 2.58 bits per heavy atom. The molecule has 4 nitrogen and oxygen atoms in total. The van der Waals surface area contributed by atoms with Gasteiger partial charge in [-0.15, -0.1) is 0 Å². The first kappa shape index (κ1) is 20.7. The van der Waals surface area contributed by atoms with Gasteiger partial charge in [0.2, 0.25) is 5.91 Å². The standard InChI is InChI=1S/C22H33NO3/c1-3-4-5-6-7-8-9-17-10-13-20-18(14-17)11-12-19(20)15-21(22(25)26)23-16(2)24/h10,12-14,21-22,25-26H,3-9,11,15H2,1-2H3,(H,23,24). The van der Waals surface area contributed by atoms with Crippen LogP contribution in [-0.4, -0.2) is 28.5 Å². The number of benzene rings is 1. The van der Waals surface area contributed by atoms with Gasteiger partial charge in [-0.25, -0.2) is 0 Å². The highest BCUT2D eigenvalue weighted by Gasteiger charge is 2.23. The van der Waals surface area contributed by atoms with Crippen LogP contribution in [0.4, 0.5) is 0 Å². The molecule has 0 radical (unpaired) electrons. The van der Waals surface area contributed by atoms with E-state index in [1.807, 2.05) is 0 Å². The van der Waals surface area contributed by atoms with E-state index in [9.17, 15) is 15.0 Å². The van der Waals surface area contributed by atoms with Crippen molar-refractivity contribution in [3.05, 3.63) is 41.0 Å². The molecule has 1 aliphatic rings. The molecule has 144 valence electrons. The SMILES string of the molecule is CCCCCCCCc1ccc2c(c1)CC=C2CC(NC(C)=O)C(O)O. The number of amides is 1. The van der Waals surface area contributed by atoms with E-state index < -0.39 is 12.3 Å². The van der Waals surface area contributed by atoms with Gasteiger partial charge in [0.1, 0.15) is 0 Å². The van der Waals surface area contributed by atoms with Crippen molar-refractivity contribution < 1.29 is 15.0 Å². The fourth-order valence-electron chi connectivity index (χ4n) is 3.66. The molecule has 26 heavy (non-hydrogen) atoms. The lowest BCUT2D eigenvalue weighted by atomic mass is 9.96. The summed E-state index contributed by atoms with van der Waals surface area (Å²) in [6.45, 7) is 3.63. The third-order valence-corrected chi connectivity index (χ3v) is 5.09. The smallest absolute Gasteiger partial charge is 0.217 e. The third-order valence-electron chi connectivity index (χ3n) is 5.09. The zero-order chi connectivity index (χ0) is 18.9. The lowest BCUT2D eigenvalue weighted by Gasteiger charge is -2.20. The van der Waals surface area contributed by atoms with E-state index in [1.165, 1.54) is 62.1 Å². The summed E-state index contributed by atoms with van der Waals surface area (Å²) < 4.78 is 0. The number of hydrogen-bond donors (Lipinski definition) is 3. The summed E-state index contributed by atoms with van der Waals surface area (Å²) in [5.41, 5.74) is 4.94. The fourth-order valence-corrected chi connectivity index (χ4v) is 3.66. The quantitative estimate of drug-likeness (QED) is 0.416. The van der Waals surface area contributed by atoms with Crippen LogP contribution in [0.15, 0.2) is 24.3 Å². The Morgan fingerprint density at radius 2 is 1.88 bits per heavy atom. The van der Waals surface area contributed by atoms with E-state index in [2.05, 4.69) is 36.5 Å². The van der Waals surface area contributed by atoms with Gasteiger partial charge in [-0.2, -0.15) is 0 Å². The van der Waals surface area contributed by atoms with Gasteiger partial charge < -0.3 is 15.5 Å². The number of carbonyl (C=O) groups excluding carboxylic acids is 1. The average molecular weight is 360 g/mol. The number of rotatable bonds is 11. The van der Waals surface area contributed by atoms with Crippen LogP contribution in [0.3, 0.4) is 0 Å². The second-order valence-electron chi connectivity index (χ2n) is 7.37. The number of fused-ring (bicyclic) bond motifs is 1. The lowest BCUT2D eigenvalue weighted by Crippen LogP contribution is -2.42. The van der Waals surface area contributed by atoms with Crippen molar-refractivity contribution in [3.8, 4) is 0 Å². The van der Waals surface area contributed by atoms with Crippen LogP contribution >= 0.6 is 0 Å². The normalized spacial score (nSPS) is 14.3. The molecule has 0 saturated heterocycles. The minimum absolute atomic E-state index is 0.254. The van der Waals surface area contributed by atoms with Crippen LogP contribution in [0, 0.1) is 0 Å². The molecule has 0 heterocycles. The number of hydrogen-bond acceptors (Lipinski definition) is 3. The summed E-state index contributed by atoms with van der Waals surface area (Å²) in [7, 11) is 0. The van der Waals surface area contributed by atoms with Gasteiger partial charge in [0, 0.05) is 6.92 Å². The highest BCUT2D eigenvalue weighted by atomic mass is 16.5. The molecule has 1 aromatic rings. The molecule has 2 rings (SSSR count). The van der Waals surface area contributed by atoms with E-state index in [-0.39, 0.29) is 5.91 Å². The topological polar surface area (TPSA) is 69.6 Å². The molecule has 4 heteroatoms. The van der Waals surface area contributed by atoms with Crippen molar-refractivity contribution in [2.24, 2.45) is 0 Å². The number of aliphatic hydroxyl groups excluding tert-OH is 1. The lowest BCUT2D eigenvalue weighted by molar-refractivity contribution is -0.124. The van der Waals surface area contributed by atoms with Crippen molar-refractivity contribution in [3.63, 3.8) is 0 Å². The maximum absolute atomic E-state index is 11.3. The predicted octanol–water partition coefficient (Wildman–Crippen LogP) is 3.73. The van der Waals surface area contributed by atoms with E-state index in [0.29, 0.717) is 6.42 Å². The fraction of sp³-hybridized carbons (Fsp3) is 0.591. The molecule has 0 saturated carbocycles. The van der Waals surface area contributed by atoms with Crippen molar-refractivity contribution >= 4 is 11.5 Å². The van der Waals surface area contributed by atoms with E-state index in [4.69, 9.17) is 0 Å². The molecule has 1 atom stereocenters. The molecule has 3 N–H and O–H groups in total. The molecule has 0 aromatic heterocycles. The van der Waals surface area contributed by atoms with Gasteiger partial charge in [-0.05, 0) is 47.9 Å². The second-order valence-corrected chi connectivity index (χ2v) is 7.37. The Balaban J connectivity index is 1.89. The Morgan fingerprint density at radius 1 is 1.15 bits per heavy atom. The summed E-state index contributed by atoms with van der Waals surface area (Å²) in [4.78, 5) is 11.3. The second kappa shape index (κ2) is 10.5. The molecule has 0 aliphatic heterocycles. The molecule has 0 spiro atoms. The van der Waals surface area contributed by atoms with Crippen molar-refractivity contribution in [2.45, 2.75) is 84.0 Å². The van der Waals surface area contributed by atoms with Gasteiger partial charge in [0.05, 0.1) is 6.04 Å². The van der Waals surface area contributed by atoms with Crippen LogP contribution in [-0.2, 0) is 17.6 Å². The summed E-state index contributed by atoms with van der Waals surface area (Å²) in [5, 5.41) is 21.6. The number of nitrogens with one attached hydrogen (secondary N) is 1. The summed E-state index contributed by atoms with van der Waals surface area (Å²) >= 11 is 0.